The SMILES string of the molecule is O=C(N1CCN(S(=O)(=O)N2CCOCC2)CC1)C1(Cc2ccccc2)CNC1. The van der Waals surface area contributed by atoms with Gasteiger partial charge >= 0.3 is 0 Å². The molecule has 0 bridgehead atoms. The third kappa shape index (κ3) is 3.81. The van der Waals surface area contributed by atoms with Gasteiger partial charge in [-0.1, -0.05) is 30.3 Å². The molecule has 4 rings (SSSR count). The van der Waals surface area contributed by atoms with Crippen LogP contribution in [-0.4, -0.2) is 93.4 Å². The molecule has 1 N–H and O–H groups in total. The van der Waals surface area contributed by atoms with E-state index in [1.54, 1.807) is 0 Å². The Kier molecular flexibility index (Phi) is 5.71. The Labute approximate surface area is 166 Å². The third-order valence-electron chi connectivity index (χ3n) is 5.91. The van der Waals surface area contributed by atoms with Gasteiger partial charge in [0.25, 0.3) is 10.2 Å². The molecule has 0 radical (unpaired) electrons. The van der Waals surface area contributed by atoms with Crippen LogP contribution in [0.3, 0.4) is 0 Å². The Morgan fingerprint density at radius 1 is 0.964 bits per heavy atom. The van der Waals surface area contributed by atoms with Gasteiger partial charge in [-0.15, -0.1) is 0 Å². The highest BCUT2D eigenvalue weighted by atomic mass is 32.2. The van der Waals surface area contributed by atoms with Crippen molar-refractivity contribution in [1.29, 1.82) is 0 Å². The number of amides is 1. The molecule has 9 heteroatoms. The zero-order valence-electron chi connectivity index (χ0n) is 16.0. The van der Waals surface area contributed by atoms with Crippen LogP contribution in [0.5, 0.6) is 0 Å². The van der Waals surface area contributed by atoms with Gasteiger partial charge in [0.1, 0.15) is 0 Å². The lowest BCUT2D eigenvalue weighted by Crippen LogP contribution is -2.65. The highest BCUT2D eigenvalue weighted by Gasteiger charge is 2.47. The minimum Gasteiger partial charge on any atom is -0.379 e. The molecule has 1 amide bonds. The normalized spacial score (nSPS) is 23.9. The van der Waals surface area contributed by atoms with Crippen molar-refractivity contribution in [1.82, 2.24) is 18.8 Å². The number of carbonyl (C=O) groups excluding carboxylic acids is 1. The second-order valence-electron chi connectivity index (χ2n) is 7.76. The van der Waals surface area contributed by atoms with E-state index in [1.165, 1.54) is 8.61 Å². The van der Waals surface area contributed by atoms with E-state index in [4.69, 9.17) is 4.74 Å². The van der Waals surface area contributed by atoms with Crippen LogP contribution in [-0.2, 0) is 26.2 Å². The summed E-state index contributed by atoms with van der Waals surface area (Å²) in [5.74, 6) is 0.138. The molecule has 154 valence electrons. The molecular formula is C19H28N4O4S. The Morgan fingerprint density at radius 2 is 1.57 bits per heavy atom. The summed E-state index contributed by atoms with van der Waals surface area (Å²) in [5.41, 5.74) is 0.748. The van der Waals surface area contributed by atoms with E-state index in [2.05, 4.69) is 17.4 Å². The predicted molar refractivity (Wildman–Crippen MR) is 105 cm³/mol. The third-order valence-corrected chi connectivity index (χ3v) is 7.95. The van der Waals surface area contributed by atoms with Crippen molar-refractivity contribution in [3.8, 4) is 0 Å². The molecule has 3 heterocycles. The summed E-state index contributed by atoms with van der Waals surface area (Å²) in [4.78, 5) is 15.1. The first-order valence-corrected chi connectivity index (χ1v) is 11.3. The van der Waals surface area contributed by atoms with E-state index < -0.39 is 15.6 Å². The largest absolute Gasteiger partial charge is 0.379 e. The fourth-order valence-corrected chi connectivity index (χ4v) is 5.73. The van der Waals surface area contributed by atoms with Crippen molar-refractivity contribution in [3.63, 3.8) is 0 Å². The molecule has 0 aliphatic carbocycles. The van der Waals surface area contributed by atoms with E-state index in [-0.39, 0.29) is 5.91 Å². The number of rotatable bonds is 5. The van der Waals surface area contributed by atoms with Crippen molar-refractivity contribution < 1.29 is 17.9 Å². The molecule has 8 nitrogen and oxygen atoms in total. The highest BCUT2D eigenvalue weighted by Crippen LogP contribution is 2.31. The minimum atomic E-state index is -3.47. The number of ether oxygens (including phenoxy) is 1. The van der Waals surface area contributed by atoms with Crippen LogP contribution >= 0.6 is 0 Å². The van der Waals surface area contributed by atoms with Crippen molar-refractivity contribution in [3.05, 3.63) is 35.9 Å². The fraction of sp³-hybridized carbons (Fsp3) is 0.632. The number of nitrogens with zero attached hydrogens (tertiary/aromatic N) is 3. The number of hydrogen-bond acceptors (Lipinski definition) is 5. The lowest BCUT2D eigenvalue weighted by molar-refractivity contribution is -0.146. The quantitative estimate of drug-likeness (QED) is 0.713. The zero-order valence-corrected chi connectivity index (χ0v) is 16.9. The van der Waals surface area contributed by atoms with Crippen LogP contribution < -0.4 is 5.32 Å². The second kappa shape index (κ2) is 8.08. The fourth-order valence-electron chi connectivity index (χ4n) is 4.16. The molecule has 3 aliphatic rings. The summed E-state index contributed by atoms with van der Waals surface area (Å²) in [5, 5.41) is 3.25. The summed E-state index contributed by atoms with van der Waals surface area (Å²) in [7, 11) is -3.47. The maximum atomic E-state index is 13.3. The molecule has 3 fully saturated rings. The Bertz CT molecular complexity index is 783. The van der Waals surface area contributed by atoms with Crippen LogP contribution in [0, 0.1) is 5.41 Å². The van der Waals surface area contributed by atoms with E-state index >= 15 is 0 Å². The average molecular weight is 409 g/mol. The molecule has 1 aromatic rings. The second-order valence-corrected chi connectivity index (χ2v) is 9.69. The Morgan fingerprint density at radius 3 is 2.14 bits per heavy atom. The summed E-state index contributed by atoms with van der Waals surface area (Å²) in [6.45, 7) is 4.60. The molecule has 0 unspecified atom stereocenters. The number of benzene rings is 1. The van der Waals surface area contributed by atoms with Crippen LogP contribution in [0.2, 0.25) is 0 Å². The van der Waals surface area contributed by atoms with E-state index in [9.17, 15) is 13.2 Å². The van der Waals surface area contributed by atoms with Crippen molar-refractivity contribution >= 4 is 16.1 Å². The number of piperazine rings is 1. The van der Waals surface area contributed by atoms with Gasteiger partial charge in [-0.05, 0) is 12.0 Å². The summed E-state index contributed by atoms with van der Waals surface area (Å²) >= 11 is 0. The average Bonchev–Trinajstić information content (AvgIpc) is 2.72. The highest BCUT2D eigenvalue weighted by molar-refractivity contribution is 7.86. The van der Waals surface area contributed by atoms with Gasteiger partial charge in [-0.25, -0.2) is 0 Å². The van der Waals surface area contributed by atoms with Crippen LogP contribution in [0.15, 0.2) is 30.3 Å². The van der Waals surface area contributed by atoms with Crippen LogP contribution in [0.1, 0.15) is 5.56 Å². The van der Waals surface area contributed by atoms with Crippen LogP contribution in [0.25, 0.3) is 0 Å². The number of nitrogens with one attached hydrogen (secondary N) is 1. The Hall–Kier alpha value is -1.52. The van der Waals surface area contributed by atoms with Crippen molar-refractivity contribution in [2.75, 3.05) is 65.6 Å². The van der Waals surface area contributed by atoms with Gasteiger partial charge in [-0.3, -0.25) is 4.79 Å². The van der Waals surface area contributed by atoms with Crippen LogP contribution in [0.4, 0.5) is 0 Å². The zero-order chi connectivity index (χ0) is 19.6. The van der Waals surface area contributed by atoms with Crippen molar-refractivity contribution in [2.45, 2.75) is 6.42 Å². The first-order valence-electron chi connectivity index (χ1n) is 9.88. The van der Waals surface area contributed by atoms with Gasteiger partial charge in [0.05, 0.1) is 18.6 Å². The van der Waals surface area contributed by atoms with Gasteiger partial charge in [0.15, 0.2) is 0 Å². The standard InChI is InChI=1S/C19H28N4O4S/c24-18(19(15-20-16-19)14-17-4-2-1-3-5-17)21-6-8-22(9-7-21)28(25,26)23-10-12-27-13-11-23/h1-5,20H,6-16H2. The van der Waals surface area contributed by atoms with Gasteiger partial charge < -0.3 is 15.0 Å². The molecule has 28 heavy (non-hydrogen) atoms. The first kappa shape index (κ1) is 19.8. The molecule has 0 atom stereocenters. The summed E-state index contributed by atoms with van der Waals surface area (Å²) in [6.07, 6.45) is 0.714. The number of carbonyl (C=O) groups is 1. The van der Waals surface area contributed by atoms with Crippen molar-refractivity contribution in [2.24, 2.45) is 5.41 Å². The molecule has 0 spiro atoms. The molecule has 0 aromatic heterocycles. The van der Waals surface area contributed by atoms with Gasteiger partial charge in [-0.2, -0.15) is 17.0 Å². The Balaban J connectivity index is 1.38. The predicted octanol–water partition coefficient (Wildman–Crippen LogP) is -0.460. The molecule has 3 aliphatic heterocycles. The molecular weight excluding hydrogens is 380 g/mol. The number of morpholine rings is 1. The lowest BCUT2D eigenvalue weighted by atomic mass is 9.75. The van der Waals surface area contributed by atoms with Gasteiger partial charge in [0, 0.05) is 52.4 Å². The molecule has 1 aromatic carbocycles. The maximum absolute atomic E-state index is 13.3. The van der Waals surface area contributed by atoms with Gasteiger partial charge in [0.2, 0.25) is 5.91 Å². The smallest absolute Gasteiger partial charge is 0.282 e. The van der Waals surface area contributed by atoms with E-state index in [0.717, 1.165) is 5.56 Å². The van der Waals surface area contributed by atoms with E-state index in [1.807, 2.05) is 23.1 Å². The molecule has 0 saturated carbocycles. The molecule has 3 saturated heterocycles. The monoisotopic (exact) mass is 408 g/mol. The lowest BCUT2D eigenvalue weighted by Gasteiger charge is -2.46. The van der Waals surface area contributed by atoms with E-state index in [0.29, 0.717) is 72.0 Å². The first-order chi connectivity index (χ1) is 13.5. The number of hydrogen-bond donors (Lipinski definition) is 1. The summed E-state index contributed by atoms with van der Waals surface area (Å²) in [6, 6.07) is 10.1. The minimum absolute atomic E-state index is 0.138. The topological polar surface area (TPSA) is 82.2 Å². The summed E-state index contributed by atoms with van der Waals surface area (Å²) < 4.78 is 33.9. The maximum Gasteiger partial charge on any atom is 0.282 e.